The molecular weight excluding hydrogens is 406 g/mol. The van der Waals surface area contributed by atoms with Gasteiger partial charge in [-0.1, -0.05) is 6.07 Å². The molecule has 3 rings (SSSR count). The van der Waals surface area contributed by atoms with Crippen LogP contribution in [0.4, 0.5) is 20.2 Å². The molecule has 0 spiro atoms. The quantitative estimate of drug-likeness (QED) is 0.662. The largest absolute Gasteiger partial charge is 0.321 e. The van der Waals surface area contributed by atoms with Gasteiger partial charge in [-0.3, -0.25) is 9.10 Å². The summed E-state index contributed by atoms with van der Waals surface area (Å²) in [5.74, 6) is -1.63. The van der Waals surface area contributed by atoms with E-state index in [9.17, 15) is 22.0 Å². The van der Waals surface area contributed by atoms with E-state index >= 15 is 0 Å². The highest BCUT2D eigenvalue weighted by Crippen LogP contribution is 2.29. The summed E-state index contributed by atoms with van der Waals surface area (Å²) < 4.78 is 53.7. The molecule has 0 saturated heterocycles. The van der Waals surface area contributed by atoms with Gasteiger partial charge in [0.2, 0.25) is 0 Å². The molecule has 2 aromatic carbocycles. The Morgan fingerprint density at radius 2 is 1.75 bits per heavy atom. The van der Waals surface area contributed by atoms with E-state index in [2.05, 4.69) is 5.32 Å². The number of carbonyl (C=O) groups excluding carboxylic acids is 1. The lowest BCUT2D eigenvalue weighted by Gasteiger charge is -2.19. The molecule has 0 unspecified atom stereocenters. The first-order valence-corrected chi connectivity index (χ1v) is 10.4. The molecule has 9 heteroatoms. The minimum atomic E-state index is -4.06. The van der Waals surface area contributed by atoms with Crippen LogP contribution in [0.25, 0.3) is 0 Å². The Balaban J connectivity index is 1.90. The van der Waals surface area contributed by atoms with Gasteiger partial charge >= 0.3 is 0 Å². The zero-order valence-corrected chi connectivity index (χ0v) is 16.6. The van der Waals surface area contributed by atoms with Gasteiger partial charge in [0, 0.05) is 12.7 Å². The summed E-state index contributed by atoms with van der Waals surface area (Å²) >= 11 is 0.955. The summed E-state index contributed by atoms with van der Waals surface area (Å²) in [6.07, 6.45) is 0. The van der Waals surface area contributed by atoms with Crippen molar-refractivity contribution in [2.45, 2.75) is 11.8 Å². The highest BCUT2D eigenvalue weighted by molar-refractivity contribution is 7.93. The number of sulfonamides is 1. The van der Waals surface area contributed by atoms with Gasteiger partial charge < -0.3 is 5.32 Å². The van der Waals surface area contributed by atoms with Crippen LogP contribution in [0, 0.1) is 18.6 Å². The fourth-order valence-corrected chi connectivity index (χ4v) is 4.95. The van der Waals surface area contributed by atoms with Crippen LogP contribution in [-0.2, 0) is 10.0 Å². The lowest BCUT2D eigenvalue weighted by atomic mass is 10.2. The summed E-state index contributed by atoms with van der Waals surface area (Å²) in [4.78, 5) is 12.4. The van der Waals surface area contributed by atoms with Crippen molar-refractivity contribution in [2.24, 2.45) is 0 Å². The second kappa shape index (κ2) is 7.69. The Kier molecular flexibility index (Phi) is 5.48. The number of nitrogens with zero attached hydrogens (tertiary/aromatic N) is 1. The van der Waals surface area contributed by atoms with Gasteiger partial charge in [0.05, 0.1) is 5.69 Å². The van der Waals surface area contributed by atoms with E-state index in [1.165, 1.54) is 48.8 Å². The zero-order valence-electron chi connectivity index (χ0n) is 14.9. The molecule has 1 heterocycles. The molecule has 5 nitrogen and oxygen atoms in total. The fourth-order valence-electron chi connectivity index (χ4n) is 2.46. The molecule has 1 aromatic heterocycles. The van der Waals surface area contributed by atoms with Gasteiger partial charge in [-0.05, 0) is 60.3 Å². The van der Waals surface area contributed by atoms with Gasteiger partial charge in [0.25, 0.3) is 15.9 Å². The number of halogens is 2. The van der Waals surface area contributed by atoms with E-state index in [1.54, 1.807) is 6.92 Å². The number of rotatable bonds is 5. The third kappa shape index (κ3) is 3.90. The number of benzene rings is 2. The minimum Gasteiger partial charge on any atom is -0.321 e. The highest BCUT2D eigenvalue weighted by atomic mass is 32.2. The van der Waals surface area contributed by atoms with Gasteiger partial charge in [0.1, 0.15) is 21.4 Å². The first-order valence-electron chi connectivity index (χ1n) is 8.09. The van der Waals surface area contributed by atoms with E-state index in [1.807, 2.05) is 0 Å². The monoisotopic (exact) mass is 422 g/mol. The van der Waals surface area contributed by atoms with E-state index in [4.69, 9.17) is 0 Å². The number of anilines is 2. The Bertz CT molecular complexity index is 1130. The first kappa shape index (κ1) is 20.0. The molecule has 1 N–H and O–H groups in total. The lowest BCUT2D eigenvalue weighted by Crippen LogP contribution is -2.28. The predicted molar refractivity (Wildman–Crippen MR) is 105 cm³/mol. The van der Waals surface area contributed by atoms with Crippen LogP contribution in [0.1, 0.15) is 15.2 Å². The topological polar surface area (TPSA) is 66.5 Å². The molecular formula is C19H16F2N2O3S2. The maximum atomic E-state index is 13.7. The van der Waals surface area contributed by atoms with Crippen LogP contribution in [0.3, 0.4) is 0 Å². The SMILES string of the molecule is Cc1ccc(NC(=O)c2sccc2S(=O)(=O)N(C)c2ccc(F)cc2)cc1F. The van der Waals surface area contributed by atoms with Gasteiger partial charge in [-0.2, -0.15) is 0 Å². The Labute approximate surface area is 165 Å². The van der Waals surface area contributed by atoms with Crippen molar-refractivity contribution in [3.8, 4) is 0 Å². The van der Waals surface area contributed by atoms with E-state index in [0.29, 0.717) is 5.56 Å². The molecule has 3 aromatic rings. The Hall–Kier alpha value is -2.78. The fraction of sp³-hybridized carbons (Fsp3) is 0.105. The molecule has 0 radical (unpaired) electrons. The Morgan fingerprint density at radius 1 is 1.07 bits per heavy atom. The van der Waals surface area contributed by atoms with E-state index < -0.39 is 27.6 Å². The molecule has 0 saturated carbocycles. The number of amides is 1. The second-order valence-electron chi connectivity index (χ2n) is 5.98. The molecule has 28 heavy (non-hydrogen) atoms. The van der Waals surface area contributed by atoms with Gasteiger partial charge in [-0.25, -0.2) is 17.2 Å². The number of nitrogens with one attached hydrogen (secondary N) is 1. The summed E-state index contributed by atoms with van der Waals surface area (Å²) in [7, 11) is -2.74. The maximum Gasteiger partial charge on any atom is 0.267 e. The molecule has 0 aliphatic carbocycles. The number of aryl methyl sites for hydroxylation is 1. The number of hydrogen-bond donors (Lipinski definition) is 1. The smallest absolute Gasteiger partial charge is 0.267 e. The standard InChI is InChI=1S/C19H16F2N2O3S2/c1-12-3-6-14(11-16(12)21)22-19(24)18-17(9-10-27-18)28(25,26)23(2)15-7-4-13(20)5-8-15/h3-11H,1-2H3,(H,22,24). The van der Waals surface area contributed by atoms with Crippen molar-refractivity contribution in [2.75, 3.05) is 16.7 Å². The number of thiophene rings is 1. The van der Waals surface area contributed by atoms with Crippen LogP contribution < -0.4 is 9.62 Å². The third-order valence-corrected chi connectivity index (χ3v) is 6.96. The zero-order chi connectivity index (χ0) is 20.5. The van der Waals surface area contributed by atoms with Crippen molar-refractivity contribution < 1.29 is 22.0 Å². The molecule has 0 fully saturated rings. The van der Waals surface area contributed by atoms with E-state index in [0.717, 1.165) is 27.8 Å². The van der Waals surface area contributed by atoms with E-state index in [-0.39, 0.29) is 21.1 Å². The van der Waals surface area contributed by atoms with Crippen LogP contribution >= 0.6 is 11.3 Å². The van der Waals surface area contributed by atoms with Crippen LogP contribution in [0.5, 0.6) is 0 Å². The van der Waals surface area contributed by atoms with Crippen molar-refractivity contribution in [1.82, 2.24) is 0 Å². The van der Waals surface area contributed by atoms with Crippen LogP contribution in [0.2, 0.25) is 0 Å². The average molecular weight is 422 g/mol. The summed E-state index contributed by atoms with van der Waals surface area (Å²) in [6, 6.07) is 10.5. The number of carbonyl (C=O) groups is 1. The summed E-state index contributed by atoms with van der Waals surface area (Å²) in [5, 5.41) is 3.99. The molecule has 0 aliphatic rings. The lowest BCUT2D eigenvalue weighted by molar-refractivity contribution is 0.102. The van der Waals surface area contributed by atoms with Crippen molar-refractivity contribution in [3.63, 3.8) is 0 Å². The van der Waals surface area contributed by atoms with Crippen molar-refractivity contribution in [3.05, 3.63) is 76.0 Å². The predicted octanol–water partition coefficient (Wildman–Crippen LogP) is 4.41. The Morgan fingerprint density at radius 3 is 2.39 bits per heavy atom. The first-order chi connectivity index (χ1) is 13.2. The van der Waals surface area contributed by atoms with Crippen LogP contribution in [0.15, 0.2) is 58.8 Å². The van der Waals surface area contributed by atoms with Crippen molar-refractivity contribution in [1.29, 1.82) is 0 Å². The molecule has 1 amide bonds. The maximum absolute atomic E-state index is 13.7. The average Bonchev–Trinajstić information content (AvgIpc) is 3.16. The minimum absolute atomic E-state index is 0.0325. The highest BCUT2D eigenvalue weighted by Gasteiger charge is 2.28. The molecule has 0 aliphatic heterocycles. The van der Waals surface area contributed by atoms with Gasteiger partial charge in [0.15, 0.2) is 0 Å². The second-order valence-corrected chi connectivity index (χ2v) is 8.83. The third-order valence-electron chi connectivity index (χ3n) is 4.09. The normalized spacial score (nSPS) is 11.3. The summed E-state index contributed by atoms with van der Waals surface area (Å²) in [6.45, 7) is 1.59. The molecule has 0 bridgehead atoms. The van der Waals surface area contributed by atoms with Crippen molar-refractivity contribution >= 4 is 38.6 Å². The molecule has 0 atom stereocenters. The van der Waals surface area contributed by atoms with Gasteiger partial charge in [-0.15, -0.1) is 11.3 Å². The van der Waals surface area contributed by atoms with Crippen LogP contribution in [-0.4, -0.2) is 21.4 Å². The molecule has 146 valence electrons. The number of hydrogen-bond acceptors (Lipinski definition) is 4. The summed E-state index contributed by atoms with van der Waals surface area (Å²) in [5.41, 5.74) is 0.898.